The molecular weight excluding hydrogens is 266 g/mol. The van der Waals surface area contributed by atoms with E-state index < -0.39 is 5.97 Å². The largest absolute Gasteiger partial charge is 0.478 e. The smallest absolute Gasteiger partial charge is 0.335 e. The van der Waals surface area contributed by atoms with Crippen molar-refractivity contribution in [3.8, 4) is 0 Å². The van der Waals surface area contributed by atoms with Crippen molar-refractivity contribution in [3.05, 3.63) is 53.3 Å². The van der Waals surface area contributed by atoms with E-state index in [0.717, 1.165) is 31.5 Å². The van der Waals surface area contributed by atoms with Crippen LogP contribution in [0.2, 0.25) is 0 Å². The Kier molecular flexibility index (Phi) is 5.11. The van der Waals surface area contributed by atoms with E-state index >= 15 is 0 Å². The van der Waals surface area contributed by atoms with Crippen LogP contribution in [0.5, 0.6) is 0 Å². The molecule has 21 heavy (non-hydrogen) atoms. The summed E-state index contributed by atoms with van der Waals surface area (Å²) < 4.78 is 1.80. The van der Waals surface area contributed by atoms with Crippen LogP contribution in [0.1, 0.15) is 21.5 Å². The molecule has 0 aliphatic carbocycles. The minimum absolute atomic E-state index is 0.401. The highest BCUT2D eigenvalue weighted by molar-refractivity contribution is 5.89. The Morgan fingerprint density at radius 3 is 2.67 bits per heavy atom. The molecule has 0 spiro atoms. The topological polar surface area (TPSA) is 58.4 Å². The van der Waals surface area contributed by atoms with Gasteiger partial charge < -0.3 is 10.0 Å². The van der Waals surface area contributed by atoms with E-state index in [-0.39, 0.29) is 0 Å². The number of aryl methyl sites for hydroxylation is 1. The molecular formula is C16H21N3O2. The van der Waals surface area contributed by atoms with Crippen LogP contribution in [-0.4, -0.2) is 45.9 Å². The molecule has 0 atom stereocenters. The van der Waals surface area contributed by atoms with Gasteiger partial charge in [0.25, 0.3) is 0 Å². The summed E-state index contributed by atoms with van der Waals surface area (Å²) in [6, 6.07) is 7.20. The number of hydrogen-bond acceptors (Lipinski definition) is 3. The monoisotopic (exact) mass is 287 g/mol. The number of aromatic nitrogens is 2. The third-order valence-corrected chi connectivity index (χ3v) is 3.55. The number of rotatable bonds is 7. The zero-order chi connectivity index (χ0) is 15.2. The molecule has 0 saturated carbocycles. The Morgan fingerprint density at radius 2 is 2.00 bits per heavy atom. The first-order valence-corrected chi connectivity index (χ1v) is 7.03. The molecule has 5 nitrogen and oxygen atoms in total. The molecule has 0 fully saturated rings. The predicted octanol–water partition coefficient (Wildman–Crippen LogP) is 1.84. The Morgan fingerprint density at radius 1 is 1.29 bits per heavy atom. The van der Waals surface area contributed by atoms with Gasteiger partial charge in [-0.2, -0.15) is 5.10 Å². The number of carbonyl (C=O) groups is 1. The molecule has 0 bridgehead atoms. The van der Waals surface area contributed by atoms with Crippen molar-refractivity contribution in [1.29, 1.82) is 0 Å². The van der Waals surface area contributed by atoms with Crippen LogP contribution in [-0.2, 0) is 19.9 Å². The average Bonchev–Trinajstić information content (AvgIpc) is 2.88. The van der Waals surface area contributed by atoms with Crippen molar-refractivity contribution in [1.82, 2.24) is 14.7 Å². The standard InChI is InChI=1S/C16H21N3O2/c1-18(9-7-13-11-17-19(2)12-13)10-8-14-5-3-4-6-15(14)16(20)21/h3-6,11-12H,7-10H2,1-2H3,(H,20,21). The highest BCUT2D eigenvalue weighted by Crippen LogP contribution is 2.10. The molecule has 0 saturated heterocycles. The second-order valence-corrected chi connectivity index (χ2v) is 5.29. The number of hydrogen-bond donors (Lipinski definition) is 1. The van der Waals surface area contributed by atoms with Crippen molar-refractivity contribution >= 4 is 5.97 Å². The fourth-order valence-electron chi connectivity index (χ4n) is 2.29. The number of carboxylic acids is 1. The van der Waals surface area contributed by atoms with Gasteiger partial charge in [0.05, 0.1) is 11.8 Å². The van der Waals surface area contributed by atoms with Gasteiger partial charge in [0.1, 0.15) is 0 Å². The maximum atomic E-state index is 11.2. The fourth-order valence-corrected chi connectivity index (χ4v) is 2.29. The number of benzene rings is 1. The van der Waals surface area contributed by atoms with E-state index in [4.69, 9.17) is 5.11 Å². The SMILES string of the molecule is CN(CCc1cnn(C)c1)CCc1ccccc1C(=O)O. The minimum Gasteiger partial charge on any atom is -0.478 e. The number of nitrogens with zero attached hydrogens (tertiary/aromatic N) is 3. The lowest BCUT2D eigenvalue weighted by atomic mass is 10.0. The first kappa shape index (κ1) is 15.3. The Labute approximate surface area is 124 Å². The third kappa shape index (κ3) is 4.43. The molecule has 0 radical (unpaired) electrons. The summed E-state index contributed by atoms with van der Waals surface area (Å²) in [5.74, 6) is -0.858. The number of likely N-dealkylation sites (N-methyl/N-ethyl adjacent to an activating group) is 1. The molecule has 0 amide bonds. The summed E-state index contributed by atoms with van der Waals surface area (Å²) in [7, 11) is 3.97. The molecule has 1 aromatic heterocycles. The Balaban J connectivity index is 1.84. The second kappa shape index (κ2) is 7.04. The molecule has 1 heterocycles. The fraction of sp³-hybridized carbons (Fsp3) is 0.375. The summed E-state index contributed by atoms with van der Waals surface area (Å²) in [6.45, 7) is 1.77. The summed E-state index contributed by atoms with van der Waals surface area (Å²) in [5, 5.41) is 13.3. The zero-order valence-corrected chi connectivity index (χ0v) is 12.5. The van der Waals surface area contributed by atoms with E-state index in [2.05, 4.69) is 17.0 Å². The van der Waals surface area contributed by atoms with Gasteiger partial charge in [-0.25, -0.2) is 4.79 Å². The van der Waals surface area contributed by atoms with Crippen molar-refractivity contribution in [3.63, 3.8) is 0 Å². The van der Waals surface area contributed by atoms with Gasteiger partial charge in [-0.05, 0) is 37.1 Å². The molecule has 2 aromatic rings. The lowest BCUT2D eigenvalue weighted by molar-refractivity contribution is 0.0695. The van der Waals surface area contributed by atoms with Crippen LogP contribution in [0.4, 0.5) is 0 Å². The van der Waals surface area contributed by atoms with Crippen molar-refractivity contribution in [2.24, 2.45) is 7.05 Å². The number of aromatic carboxylic acids is 1. The maximum absolute atomic E-state index is 11.2. The zero-order valence-electron chi connectivity index (χ0n) is 12.5. The summed E-state index contributed by atoms with van der Waals surface area (Å²) in [5.41, 5.74) is 2.51. The Bertz CT molecular complexity index is 607. The maximum Gasteiger partial charge on any atom is 0.335 e. The second-order valence-electron chi connectivity index (χ2n) is 5.29. The van der Waals surface area contributed by atoms with Crippen LogP contribution < -0.4 is 0 Å². The Hall–Kier alpha value is -2.14. The van der Waals surface area contributed by atoms with Crippen LogP contribution >= 0.6 is 0 Å². The van der Waals surface area contributed by atoms with Crippen LogP contribution in [0.3, 0.4) is 0 Å². The van der Waals surface area contributed by atoms with E-state index in [1.807, 2.05) is 31.6 Å². The highest BCUT2D eigenvalue weighted by atomic mass is 16.4. The lowest BCUT2D eigenvalue weighted by Gasteiger charge is -2.16. The van der Waals surface area contributed by atoms with Gasteiger partial charge in [0.15, 0.2) is 0 Å². The molecule has 1 N–H and O–H groups in total. The van der Waals surface area contributed by atoms with E-state index in [1.165, 1.54) is 5.56 Å². The molecule has 1 aromatic carbocycles. The van der Waals surface area contributed by atoms with Crippen LogP contribution in [0.15, 0.2) is 36.7 Å². The van der Waals surface area contributed by atoms with Crippen LogP contribution in [0, 0.1) is 0 Å². The number of carboxylic acid groups (broad SMARTS) is 1. The quantitative estimate of drug-likeness (QED) is 0.844. The van der Waals surface area contributed by atoms with Gasteiger partial charge in [0.2, 0.25) is 0 Å². The van der Waals surface area contributed by atoms with E-state index in [0.29, 0.717) is 5.56 Å². The average molecular weight is 287 g/mol. The molecule has 0 aliphatic rings. The normalized spacial score (nSPS) is 11.0. The minimum atomic E-state index is -0.858. The third-order valence-electron chi connectivity index (χ3n) is 3.55. The lowest BCUT2D eigenvalue weighted by Crippen LogP contribution is -2.24. The van der Waals surface area contributed by atoms with E-state index in [9.17, 15) is 4.79 Å². The summed E-state index contributed by atoms with van der Waals surface area (Å²) >= 11 is 0. The van der Waals surface area contributed by atoms with E-state index in [1.54, 1.807) is 16.8 Å². The highest BCUT2D eigenvalue weighted by Gasteiger charge is 2.09. The summed E-state index contributed by atoms with van der Waals surface area (Å²) in [4.78, 5) is 13.4. The van der Waals surface area contributed by atoms with Gasteiger partial charge >= 0.3 is 5.97 Å². The molecule has 5 heteroatoms. The molecule has 0 aliphatic heterocycles. The van der Waals surface area contributed by atoms with Crippen molar-refractivity contribution in [2.75, 3.05) is 20.1 Å². The van der Waals surface area contributed by atoms with Gasteiger partial charge in [-0.3, -0.25) is 4.68 Å². The first-order chi connectivity index (χ1) is 10.1. The van der Waals surface area contributed by atoms with Gasteiger partial charge in [-0.15, -0.1) is 0 Å². The summed E-state index contributed by atoms with van der Waals surface area (Å²) in [6.07, 6.45) is 5.60. The first-order valence-electron chi connectivity index (χ1n) is 7.03. The van der Waals surface area contributed by atoms with Crippen molar-refractivity contribution in [2.45, 2.75) is 12.8 Å². The molecule has 0 unspecified atom stereocenters. The van der Waals surface area contributed by atoms with Crippen LogP contribution in [0.25, 0.3) is 0 Å². The molecule has 112 valence electrons. The molecule has 2 rings (SSSR count). The van der Waals surface area contributed by atoms with Crippen molar-refractivity contribution < 1.29 is 9.90 Å². The predicted molar refractivity (Wildman–Crippen MR) is 81.5 cm³/mol. The van der Waals surface area contributed by atoms with Gasteiger partial charge in [0, 0.05) is 26.3 Å². The van der Waals surface area contributed by atoms with Gasteiger partial charge in [-0.1, -0.05) is 18.2 Å².